The second kappa shape index (κ2) is 18.9. The molecule has 0 saturated carbocycles. The lowest BCUT2D eigenvalue weighted by atomic mass is 9.98. The van der Waals surface area contributed by atoms with Crippen molar-refractivity contribution in [3.05, 3.63) is 161 Å². The van der Waals surface area contributed by atoms with Gasteiger partial charge in [-0.2, -0.15) is 0 Å². The Morgan fingerprint density at radius 1 is 0.614 bits per heavy atom. The van der Waals surface area contributed by atoms with Crippen molar-refractivity contribution >= 4 is 23.9 Å². The number of nitrogens with one attached hydrogen (secondary N) is 2. The number of benzene rings is 5. The molecule has 2 N–H and O–H groups in total. The minimum absolute atomic E-state index is 0.00161. The van der Waals surface area contributed by atoms with Crippen LogP contribution in [0.1, 0.15) is 67.3 Å². The monoisotopic (exact) mass is 768 g/mol. The van der Waals surface area contributed by atoms with Gasteiger partial charge < -0.3 is 29.6 Å². The summed E-state index contributed by atoms with van der Waals surface area (Å²) in [7, 11) is 0. The molecular formula is C47H48N2O8. The molecule has 1 aliphatic rings. The molecule has 10 heteroatoms. The van der Waals surface area contributed by atoms with Crippen molar-refractivity contribution in [1.29, 1.82) is 0 Å². The number of carbonyl (C=O) groups excluding carboxylic acids is 4. The van der Waals surface area contributed by atoms with Crippen molar-refractivity contribution in [2.75, 3.05) is 6.61 Å². The van der Waals surface area contributed by atoms with Gasteiger partial charge in [-0.15, -0.1) is 0 Å². The van der Waals surface area contributed by atoms with Crippen LogP contribution >= 0.6 is 0 Å². The van der Waals surface area contributed by atoms with E-state index in [0.29, 0.717) is 12.4 Å². The van der Waals surface area contributed by atoms with Gasteiger partial charge >= 0.3 is 18.0 Å². The highest BCUT2D eigenvalue weighted by atomic mass is 16.6. The number of amides is 2. The highest BCUT2D eigenvalue weighted by Gasteiger charge is 2.32. The fourth-order valence-electron chi connectivity index (χ4n) is 6.70. The summed E-state index contributed by atoms with van der Waals surface area (Å²) in [5.41, 5.74) is 6.04. The van der Waals surface area contributed by atoms with E-state index in [-0.39, 0.29) is 38.4 Å². The molecule has 294 valence electrons. The Morgan fingerprint density at radius 2 is 1.18 bits per heavy atom. The van der Waals surface area contributed by atoms with E-state index in [9.17, 15) is 19.2 Å². The summed E-state index contributed by atoms with van der Waals surface area (Å²) in [6.45, 7) is 5.66. The molecule has 10 nitrogen and oxygen atoms in total. The maximum absolute atomic E-state index is 14.1. The van der Waals surface area contributed by atoms with E-state index in [2.05, 4.69) is 10.6 Å². The molecule has 0 aromatic heterocycles. The predicted molar refractivity (Wildman–Crippen MR) is 216 cm³/mol. The molecule has 0 unspecified atom stereocenters. The molecule has 1 aliphatic carbocycles. The van der Waals surface area contributed by atoms with E-state index >= 15 is 0 Å². The largest absolute Gasteiger partial charge is 0.489 e. The zero-order chi connectivity index (χ0) is 40.2. The molecule has 57 heavy (non-hydrogen) atoms. The summed E-state index contributed by atoms with van der Waals surface area (Å²) < 4.78 is 22.8. The molecule has 2 amide bonds. The van der Waals surface area contributed by atoms with Crippen LogP contribution in [0.25, 0.3) is 11.1 Å². The third-order valence-electron chi connectivity index (χ3n) is 9.45. The van der Waals surface area contributed by atoms with Crippen LogP contribution < -0.4 is 15.4 Å². The second-order valence-electron chi connectivity index (χ2n) is 14.9. The highest BCUT2D eigenvalue weighted by Crippen LogP contribution is 2.44. The zero-order valence-corrected chi connectivity index (χ0v) is 32.4. The van der Waals surface area contributed by atoms with Gasteiger partial charge in [-0.1, -0.05) is 121 Å². The molecule has 0 heterocycles. The molecule has 5 aromatic carbocycles. The van der Waals surface area contributed by atoms with Crippen LogP contribution in [-0.4, -0.2) is 48.2 Å². The average molecular weight is 769 g/mol. The molecule has 0 radical (unpaired) electrons. The number of esters is 2. The average Bonchev–Trinajstić information content (AvgIpc) is 3.53. The van der Waals surface area contributed by atoms with Crippen molar-refractivity contribution in [1.82, 2.24) is 10.6 Å². The minimum Gasteiger partial charge on any atom is -0.489 e. The van der Waals surface area contributed by atoms with E-state index < -0.39 is 41.6 Å². The van der Waals surface area contributed by atoms with Gasteiger partial charge in [-0.25, -0.2) is 9.59 Å². The van der Waals surface area contributed by atoms with E-state index in [1.807, 2.05) is 121 Å². The first kappa shape index (κ1) is 40.2. The topological polar surface area (TPSA) is 129 Å². The summed E-state index contributed by atoms with van der Waals surface area (Å²) in [6, 6.07) is 39.8. The number of fused-ring (bicyclic) bond motifs is 3. The van der Waals surface area contributed by atoms with Crippen molar-refractivity contribution in [3.63, 3.8) is 0 Å². The Kier molecular flexibility index (Phi) is 13.4. The first-order chi connectivity index (χ1) is 27.5. The van der Waals surface area contributed by atoms with Crippen LogP contribution in [0.5, 0.6) is 5.75 Å². The molecule has 0 spiro atoms. The van der Waals surface area contributed by atoms with Crippen LogP contribution in [0.3, 0.4) is 0 Å². The third kappa shape index (κ3) is 11.5. The van der Waals surface area contributed by atoms with Crippen LogP contribution in [0, 0.1) is 0 Å². The van der Waals surface area contributed by atoms with Gasteiger partial charge in [-0.05, 0) is 78.3 Å². The van der Waals surface area contributed by atoms with Gasteiger partial charge in [-0.3, -0.25) is 9.59 Å². The SMILES string of the molecule is CC(C)(C)OC(=O)CC[C@H](NC(=O)OCC1c2ccccc2-c2ccccc21)C(=O)N[C@@H](Cc1ccc(OCc2ccccc2)cc1)C(=O)OCc1ccccc1. The molecule has 6 rings (SSSR count). The predicted octanol–water partition coefficient (Wildman–Crippen LogP) is 8.07. The van der Waals surface area contributed by atoms with Gasteiger partial charge in [0.05, 0.1) is 0 Å². The summed E-state index contributed by atoms with van der Waals surface area (Å²) >= 11 is 0. The summed E-state index contributed by atoms with van der Waals surface area (Å²) in [4.78, 5) is 53.9. The molecule has 0 aliphatic heterocycles. The number of hydrogen-bond donors (Lipinski definition) is 2. The van der Waals surface area contributed by atoms with Gasteiger partial charge in [0.25, 0.3) is 0 Å². The number of carbonyl (C=O) groups is 4. The van der Waals surface area contributed by atoms with Crippen molar-refractivity contribution < 1.29 is 38.1 Å². The molecule has 5 aromatic rings. The molecular weight excluding hydrogens is 721 g/mol. The maximum atomic E-state index is 14.1. The minimum atomic E-state index is -1.24. The highest BCUT2D eigenvalue weighted by molar-refractivity contribution is 5.90. The van der Waals surface area contributed by atoms with Crippen LogP contribution in [0.4, 0.5) is 4.79 Å². The Balaban J connectivity index is 1.16. The number of hydrogen-bond acceptors (Lipinski definition) is 8. The number of alkyl carbamates (subject to hydrolysis) is 1. The van der Waals surface area contributed by atoms with Gasteiger partial charge in [0.2, 0.25) is 5.91 Å². The Labute approximate surface area is 333 Å². The Bertz CT molecular complexity index is 2090. The Morgan fingerprint density at radius 3 is 1.77 bits per heavy atom. The van der Waals surface area contributed by atoms with Crippen molar-refractivity contribution in [3.8, 4) is 16.9 Å². The number of ether oxygens (including phenoxy) is 4. The molecule has 2 atom stereocenters. The quantitative estimate of drug-likeness (QED) is 0.0762. The first-order valence-electron chi connectivity index (χ1n) is 19.1. The lowest BCUT2D eigenvalue weighted by Crippen LogP contribution is -2.53. The van der Waals surface area contributed by atoms with Gasteiger partial charge in [0, 0.05) is 18.8 Å². The standard InChI is InChI=1S/C47H48N2O8/c1-47(2,3)57-43(50)27-26-41(49-46(53)56-31-40-38-20-12-10-18-36(38)37-19-11-13-21-39(37)40)44(51)48-42(45(52)55-30-34-16-8-5-9-17-34)28-32-22-24-35(25-23-32)54-29-33-14-6-4-7-15-33/h4-25,40-42H,26-31H2,1-3H3,(H,48,51)(H,49,53)/t41-,42-/m0/s1. The lowest BCUT2D eigenvalue weighted by Gasteiger charge is -2.24. The molecule has 0 bridgehead atoms. The van der Waals surface area contributed by atoms with Crippen LogP contribution in [-0.2, 0) is 48.2 Å². The maximum Gasteiger partial charge on any atom is 0.407 e. The fraction of sp³-hybridized carbons (Fsp3) is 0.277. The number of rotatable bonds is 16. The van der Waals surface area contributed by atoms with Crippen molar-refractivity contribution in [2.45, 2.75) is 76.9 Å². The molecule has 0 saturated heterocycles. The van der Waals surface area contributed by atoms with E-state index in [4.69, 9.17) is 18.9 Å². The van der Waals surface area contributed by atoms with Gasteiger partial charge in [0.15, 0.2) is 0 Å². The van der Waals surface area contributed by atoms with Crippen molar-refractivity contribution in [2.24, 2.45) is 0 Å². The van der Waals surface area contributed by atoms with E-state index in [0.717, 1.165) is 38.9 Å². The zero-order valence-electron chi connectivity index (χ0n) is 32.4. The second-order valence-corrected chi connectivity index (χ2v) is 14.9. The van der Waals surface area contributed by atoms with E-state index in [1.54, 1.807) is 32.9 Å². The first-order valence-corrected chi connectivity index (χ1v) is 19.1. The summed E-state index contributed by atoms with van der Waals surface area (Å²) in [6.07, 6.45) is -1.03. The third-order valence-corrected chi connectivity index (χ3v) is 9.45. The van der Waals surface area contributed by atoms with Crippen LogP contribution in [0.15, 0.2) is 133 Å². The molecule has 0 fully saturated rings. The lowest BCUT2D eigenvalue weighted by molar-refractivity contribution is -0.155. The van der Waals surface area contributed by atoms with Gasteiger partial charge in [0.1, 0.15) is 43.3 Å². The Hall–Kier alpha value is -6.42. The van der Waals surface area contributed by atoms with Crippen LogP contribution in [0.2, 0.25) is 0 Å². The summed E-state index contributed by atoms with van der Waals surface area (Å²) in [5, 5.41) is 5.45. The smallest absolute Gasteiger partial charge is 0.407 e. The normalized spacial score (nSPS) is 13.0. The summed E-state index contributed by atoms with van der Waals surface area (Å²) in [5.74, 6) is -1.44. The van der Waals surface area contributed by atoms with E-state index in [1.165, 1.54) is 0 Å². The fourth-order valence-corrected chi connectivity index (χ4v) is 6.70.